The van der Waals surface area contributed by atoms with Gasteiger partial charge >= 0.3 is 5.97 Å². The largest absolute Gasteiger partial charge is 0.497 e. The van der Waals surface area contributed by atoms with Crippen molar-refractivity contribution in [3.05, 3.63) is 59.2 Å². The lowest BCUT2D eigenvalue weighted by molar-refractivity contribution is 0.0691. The van der Waals surface area contributed by atoms with Gasteiger partial charge in [0.2, 0.25) is 0 Å². The summed E-state index contributed by atoms with van der Waals surface area (Å²) < 4.78 is 10.7. The molecule has 2 rings (SSSR count). The van der Waals surface area contributed by atoms with Crippen LogP contribution in [-0.4, -0.2) is 24.0 Å². The minimum absolute atomic E-state index is 0.0596. The monoisotopic (exact) mass is 300 g/mol. The number of benzene rings is 2. The van der Waals surface area contributed by atoms with Crippen molar-refractivity contribution in [1.82, 2.24) is 0 Å². The highest BCUT2D eigenvalue weighted by molar-refractivity contribution is 6.05. The van der Waals surface area contributed by atoms with Gasteiger partial charge in [0.25, 0.3) is 0 Å². The third kappa shape index (κ3) is 3.63. The van der Waals surface area contributed by atoms with E-state index in [0.29, 0.717) is 5.75 Å². The fourth-order valence-corrected chi connectivity index (χ4v) is 2.03. The molecule has 0 spiro atoms. The maximum atomic E-state index is 11.4. The van der Waals surface area contributed by atoms with Gasteiger partial charge in [0, 0.05) is 5.56 Å². The average molecular weight is 300 g/mol. The normalized spacial score (nSPS) is 10.1. The number of aromatic carboxylic acids is 1. The smallest absolute Gasteiger partial charge is 0.336 e. The van der Waals surface area contributed by atoms with E-state index < -0.39 is 5.97 Å². The van der Waals surface area contributed by atoms with Crippen LogP contribution in [0.2, 0.25) is 0 Å². The third-order valence-electron chi connectivity index (χ3n) is 3.14. The summed E-state index contributed by atoms with van der Waals surface area (Å²) in [7, 11) is 1.58. The summed E-state index contributed by atoms with van der Waals surface area (Å²) in [4.78, 5) is 22.6. The first-order valence-corrected chi connectivity index (χ1v) is 6.65. The zero-order chi connectivity index (χ0) is 16.1. The molecular formula is C17H16O5. The second kappa shape index (κ2) is 6.76. The summed E-state index contributed by atoms with van der Waals surface area (Å²) in [5, 5.41) is 9.17. The number of hydrogen-bond donors (Lipinski definition) is 1. The lowest BCUT2D eigenvalue weighted by Crippen LogP contribution is -2.07. The maximum Gasteiger partial charge on any atom is 0.336 e. The fourth-order valence-electron chi connectivity index (χ4n) is 2.03. The Morgan fingerprint density at radius 3 is 2.45 bits per heavy atom. The number of carboxylic acids is 1. The van der Waals surface area contributed by atoms with Crippen molar-refractivity contribution in [2.45, 2.75) is 13.5 Å². The van der Waals surface area contributed by atoms with Gasteiger partial charge in [0.05, 0.1) is 12.7 Å². The second-order valence-electron chi connectivity index (χ2n) is 4.71. The molecule has 114 valence electrons. The first kappa shape index (κ1) is 15.6. The van der Waals surface area contributed by atoms with E-state index in [1.165, 1.54) is 19.1 Å². The van der Waals surface area contributed by atoms with Crippen LogP contribution in [0.5, 0.6) is 11.5 Å². The lowest BCUT2D eigenvalue weighted by atomic mass is 10.0. The molecule has 0 saturated heterocycles. The van der Waals surface area contributed by atoms with Crippen LogP contribution in [0.4, 0.5) is 0 Å². The third-order valence-corrected chi connectivity index (χ3v) is 3.14. The van der Waals surface area contributed by atoms with Crippen LogP contribution < -0.4 is 9.47 Å². The van der Waals surface area contributed by atoms with E-state index in [-0.39, 0.29) is 23.5 Å². The summed E-state index contributed by atoms with van der Waals surface area (Å²) in [6, 6.07) is 11.8. The van der Waals surface area contributed by atoms with Crippen LogP contribution in [0.3, 0.4) is 0 Å². The van der Waals surface area contributed by atoms with E-state index >= 15 is 0 Å². The SMILES string of the molecule is COc1cccc(COc2ccc(C(C)=O)c(C(=O)O)c2)c1. The molecule has 0 aliphatic heterocycles. The molecule has 0 aliphatic carbocycles. The van der Waals surface area contributed by atoms with Gasteiger partial charge in [-0.05, 0) is 42.8 Å². The van der Waals surface area contributed by atoms with E-state index in [1.54, 1.807) is 13.2 Å². The van der Waals surface area contributed by atoms with Crippen LogP contribution >= 0.6 is 0 Å². The van der Waals surface area contributed by atoms with E-state index in [9.17, 15) is 9.59 Å². The van der Waals surface area contributed by atoms with Crippen LogP contribution in [0.25, 0.3) is 0 Å². The number of carbonyl (C=O) groups is 2. The van der Waals surface area contributed by atoms with Gasteiger partial charge in [-0.2, -0.15) is 0 Å². The van der Waals surface area contributed by atoms with Gasteiger partial charge in [0.1, 0.15) is 18.1 Å². The molecule has 0 aliphatic rings. The molecule has 0 amide bonds. The number of carboxylic acid groups (broad SMARTS) is 1. The fraction of sp³-hybridized carbons (Fsp3) is 0.176. The Kier molecular flexibility index (Phi) is 4.78. The Morgan fingerprint density at radius 1 is 1.05 bits per heavy atom. The molecule has 2 aromatic carbocycles. The van der Waals surface area contributed by atoms with Gasteiger partial charge in [0.15, 0.2) is 5.78 Å². The van der Waals surface area contributed by atoms with Crippen molar-refractivity contribution in [2.75, 3.05) is 7.11 Å². The standard InChI is InChI=1S/C17H16O5/c1-11(18)15-7-6-14(9-16(15)17(19)20)22-10-12-4-3-5-13(8-12)21-2/h3-9H,10H2,1-2H3,(H,19,20). The number of ether oxygens (including phenoxy) is 2. The molecule has 0 bridgehead atoms. The van der Waals surface area contributed by atoms with Gasteiger partial charge in [-0.15, -0.1) is 0 Å². The van der Waals surface area contributed by atoms with Crippen molar-refractivity contribution in [3.63, 3.8) is 0 Å². The van der Waals surface area contributed by atoms with Crippen molar-refractivity contribution in [3.8, 4) is 11.5 Å². The number of carbonyl (C=O) groups excluding carboxylic acids is 1. The van der Waals surface area contributed by atoms with Gasteiger partial charge in [-0.25, -0.2) is 4.79 Å². The topological polar surface area (TPSA) is 72.8 Å². The van der Waals surface area contributed by atoms with Crippen molar-refractivity contribution >= 4 is 11.8 Å². The zero-order valence-corrected chi connectivity index (χ0v) is 12.3. The molecule has 0 unspecified atom stereocenters. The summed E-state index contributed by atoms with van der Waals surface area (Å²) in [6.45, 7) is 1.61. The highest BCUT2D eigenvalue weighted by atomic mass is 16.5. The van der Waals surface area contributed by atoms with E-state index in [1.807, 2.05) is 24.3 Å². The molecule has 1 N–H and O–H groups in total. The highest BCUT2D eigenvalue weighted by Crippen LogP contribution is 2.21. The first-order valence-electron chi connectivity index (χ1n) is 6.65. The highest BCUT2D eigenvalue weighted by Gasteiger charge is 2.14. The lowest BCUT2D eigenvalue weighted by Gasteiger charge is -2.10. The summed E-state index contributed by atoms with van der Waals surface area (Å²) in [6.07, 6.45) is 0. The number of hydrogen-bond acceptors (Lipinski definition) is 4. The quantitative estimate of drug-likeness (QED) is 0.829. The predicted molar refractivity (Wildman–Crippen MR) is 80.7 cm³/mol. The Balaban J connectivity index is 2.18. The van der Waals surface area contributed by atoms with E-state index in [0.717, 1.165) is 11.3 Å². The molecule has 0 radical (unpaired) electrons. The van der Waals surface area contributed by atoms with Crippen LogP contribution in [-0.2, 0) is 6.61 Å². The first-order chi connectivity index (χ1) is 10.5. The number of methoxy groups -OCH3 is 1. The predicted octanol–water partition coefficient (Wildman–Crippen LogP) is 3.18. The summed E-state index contributed by atoms with van der Waals surface area (Å²) >= 11 is 0. The molecule has 2 aromatic rings. The van der Waals surface area contributed by atoms with Crippen molar-refractivity contribution in [1.29, 1.82) is 0 Å². The minimum atomic E-state index is -1.16. The number of rotatable bonds is 6. The molecule has 0 heterocycles. The Morgan fingerprint density at radius 2 is 1.82 bits per heavy atom. The van der Waals surface area contributed by atoms with E-state index in [4.69, 9.17) is 14.6 Å². The Bertz CT molecular complexity index is 706. The van der Waals surface area contributed by atoms with Gasteiger partial charge in [-0.3, -0.25) is 4.79 Å². The number of ketones is 1. The van der Waals surface area contributed by atoms with Gasteiger partial charge in [-0.1, -0.05) is 12.1 Å². The molecule has 5 heteroatoms. The van der Waals surface area contributed by atoms with E-state index in [2.05, 4.69) is 0 Å². The summed E-state index contributed by atoms with van der Waals surface area (Å²) in [5.74, 6) is -0.335. The molecule has 0 aromatic heterocycles. The van der Waals surface area contributed by atoms with Crippen molar-refractivity contribution < 1.29 is 24.2 Å². The average Bonchev–Trinajstić information content (AvgIpc) is 2.52. The van der Waals surface area contributed by atoms with Crippen LogP contribution in [0.1, 0.15) is 33.2 Å². The Labute approximate surface area is 128 Å². The molecule has 0 fully saturated rings. The summed E-state index contributed by atoms with van der Waals surface area (Å²) in [5.41, 5.74) is 1.00. The molecule has 0 saturated carbocycles. The zero-order valence-electron chi connectivity index (χ0n) is 12.3. The Hall–Kier alpha value is -2.82. The van der Waals surface area contributed by atoms with Crippen molar-refractivity contribution in [2.24, 2.45) is 0 Å². The van der Waals surface area contributed by atoms with Gasteiger partial charge < -0.3 is 14.6 Å². The van der Waals surface area contributed by atoms with Crippen LogP contribution in [0.15, 0.2) is 42.5 Å². The minimum Gasteiger partial charge on any atom is -0.497 e. The molecular weight excluding hydrogens is 284 g/mol. The maximum absolute atomic E-state index is 11.4. The molecule has 22 heavy (non-hydrogen) atoms. The van der Waals surface area contributed by atoms with Crippen LogP contribution in [0, 0.1) is 0 Å². The molecule has 5 nitrogen and oxygen atoms in total. The number of Topliss-reactive ketones (excluding diaryl/α,β-unsaturated/α-hetero) is 1. The molecule has 0 atom stereocenters. The second-order valence-corrected chi connectivity index (χ2v) is 4.71.